The van der Waals surface area contributed by atoms with Crippen LogP contribution in [0.3, 0.4) is 0 Å². The number of anilines is 2. The summed E-state index contributed by atoms with van der Waals surface area (Å²) in [6.45, 7) is 5.77. The first-order valence-electron chi connectivity index (χ1n) is 11.1. The van der Waals surface area contributed by atoms with E-state index in [0.717, 1.165) is 22.4 Å². The minimum Gasteiger partial charge on any atom is -0.497 e. The van der Waals surface area contributed by atoms with Crippen molar-refractivity contribution < 1.29 is 23.9 Å². The average molecular weight is 489 g/mol. The number of nitrogens with zero attached hydrogens (tertiary/aromatic N) is 1. The van der Waals surface area contributed by atoms with Crippen LogP contribution in [-0.4, -0.2) is 37.7 Å². The molecule has 3 amide bonds. The molecule has 0 aliphatic rings. The lowest BCUT2D eigenvalue weighted by Gasteiger charge is -2.13. The number of methoxy groups -OCH3 is 1. The van der Waals surface area contributed by atoms with Crippen LogP contribution in [0.1, 0.15) is 22.3 Å². The molecule has 36 heavy (non-hydrogen) atoms. The summed E-state index contributed by atoms with van der Waals surface area (Å²) in [5.41, 5.74) is 7.17. The summed E-state index contributed by atoms with van der Waals surface area (Å²) in [7, 11) is 1.51. The van der Waals surface area contributed by atoms with E-state index in [-0.39, 0.29) is 12.5 Å². The predicted molar refractivity (Wildman–Crippen MR) is 139 cm³/mol. The number of carbonyl (C=O) groups excluding carboxylic acids is 3. The molecule has 0 spiro atoms. The van der Waals surface area contributed by atoms with E-state index in [1.807, 2.05) is 32.9 Å². The number of hydrazone groups is 1. The molecule has 0 radical (unpaired) electrons. The number of hydrogen-bond acceptors (Lipinski definition) is 6. The van der Waals surface area contributed by atoms with Gasteiger partial charge in [-0.05, 0) is 73.9 Å². The van der Waals surface area contributed by atoms with E-state index < -0.39 is 11.8 Å². The highest BCUT2D eigenvalue weighted by Crippen LogP contribution is 2.22. The molecule has 9 heteroatoms. The first kappa shape index (κ1) is 26.0. The lowest BCUT2D eigenvalue weighted by Crippen LogP contribution is -2.32. The van der Waals surface area contributed by atoms with E-state index in [1.54, 1.807) is 48.5 Å². The van der Waals surface area contributed by atoms with Gasteiger partial charge in [-0.25, -0.2) is 5.43 Å². The summed E-state index contributed by atoms with van der Waals surface area (Å²) in [5.74, 6) is -0.986. The van der Waals surface area contributed by atoms with E-state index in [1.165, 1.54) is 13.3 Å². The van der Waals surface area contributed by atoms with Gasteiger partial charge in [0.1, 0.15) is 11.5 Å². The van der Waals surface area contributed by atoms with Gasteiger partial charge in [0, 0.05) is 17.4 Å². The lowest BCUT2D eigenvalue weighted by molar-refractivity contribution is -0.136. The van der Waals surface area contributed by atoms with E-state index >= 15 is 0 Å². The third-order valence-corrected chi connectivity index (χ3v) is 5.11. The Labute approximate surface area is 209 Å². The standard InChI is InChI=1S/C27H28N4O5/c1-17-12-18(2)25(19(3)13-17)30-24(32)16-36-22-10-8-20(9-11-22)15-28-31-27(34)26(33)29-21-6-5-7-23(14-21)35-4/h5-15H,16H2,1-4H3,(H,29,33)(H,30,32)(H,31,34)/b28-15-. The van der Waals surface area contributed by atoms with Crippen LogP contribution in [0.2, 0.25) is 0 Å². The van der Waals surface area contributed by atoms with Crippen molar-refractivity contribution in [3.8, 4) is 11.5 Å². The van der Waals surface area contributed by atoms with Crippen LogP contribution in [0.5, 0.6) is 11.5 Å². The highest BCUT2D eigenvalue weighted by Gasteiger charge is 2.13. The number of carbonyl (C=O) groups is 3. The molecule has 3 rings (SSSR count). The molecule has 3 N–H and O–H groups in total. The second-order valence-corrected chi connectivity index (χ2v) is 8.06. The van der Waals surface area contributed by atoms with Gasteiger partial charge in [-0.2, -0.15) is 5.10 Å². The van der Waals surface area contributed by atoms with Crippen molar-refractivity contribution in [2.45, 2.75) is 20.8 Å². The number of nitrogens with one attached hydrogen (secondary N) is 3. The Balaban J connectivity index is 1.46. The molecular weight excluding hydrogens is 460 g/mol. The van der Waals surface area contributed by atoms with Gasteiger partial charge >= 0.3 is 11.8 Å². The maximum atomic E-state index is 12.3. The molecule has 186 valence electrons. The number of ether oxygens (including phenoxy) is 2. The Bertz CT molecular complexity index is 1260. The molecule has 0 aliphatic heterocycles. The van der Waals surface area contributed by atoms with Crippen molar-refractivity contribution in [1.29, 1.82) is 0 Å². The van der Waals surface area contributed by atoms with Crippen molar-refractivity contribution >= 4 is 35.3 Å². The van der Waals surface area contributed by atoms with Gasteiger partial charge in [0.05, 0.1) is 13.3 Å². The van der Waals surface area contributed by atoms with E-state index in [9.17, 15) is 14.4 Å². The van der Waals surface area contributed by atoms with Crippen molar-refractivity contribution in [3.05, 3.63) is 82.9 Å². The third kappa shape index (κ3) is 7.42. The maximum Gasteiger partial charge on any atom is 0.329 e. The minimum absolute atomic E-state index is 0.140. The van der Waals surface area contributed by atoms with E-state index in [2.05, 4.69) is 21.2 Å². The van der Waals surface area contributed by atoms with Gasteiger partial charge in [-0.3, -0.25) is 14.4 Å². The number of benzene rings is 3. The Morgan fingerprint density at radius 1 is 0.861 bits per heavy atom. The molecule has 0 saturated heterocycles. The fourth-order valence-corrected chi connectivity index (χ4v) is 3.46. The molecule has 9 nitrogen and oxygen atoms in total. The summed E-state index contributed by atoms with van der Waals surface area (Å²) in [6.07, 6.45) is 1.39. The molecule has 0 atom stereocenters. The minimum atomic E-state index is -0.918. The Hall–Kier alpha value is -4.66. The lowest BCUT2D eigenvalue weighted by atomic mass is 10.1. The van der Waals surface area contributed by atoms with Crippen molar-refractivity contribution in [3.63, 3.8) is 0 Å². The monoisotopic (exact) mass is 488 g/mol. The van der Waals surface area contributed by atoms with Gasteiger partial charge in [0.25, 0.3) is 5.91 Å². The van der Waals surface area contributed by atoms with Crippen molar-refractivity contribution in [2.75, 3.05) is 24.4 Å². The Kier molecular flexibility index (Phi) is 8.77. The van der Waals surface area contributed by atoms with Crippen LogP contribution in [0.25, 0.3) is 0 Å². The molecule has 0 aromatic heterocycles. The van der Waals surface area contributed by atoms with Gasteiger partial charge in [0.2, 0.25) is 0 Å². The fraction of sp³-hybridized carbons (Fsp3) is 0.185. The molecule has 3 aromatic rings. The largest absolute Gasteiger partial charge is 0.497 e. The van der Waals surface area contributed by atoms with Crippen LogP contribution in [-0.2, 0) is 14.4 Å². The summed E-state index contributed by atoms with van der Waals surface area (Å²) in [4.78, 5) is 36.3. The van der Waals surface area contributed by atoms with Gasteiger partial charge in [-0.1, -0.05) is 23.8 Å². The molecule has 0 unspecified atom stereocenters. The predicted octanol–water partition coefficient (Wildman–Crippen LogP) is 3.73. The van der Waals surface area contributed by atoms with Crippen molar-refractivity contribution in [1.82, 2.24) is 5.43 Å². The highest BCUT2D eigenvalue weighted by atomic mass is 16.5. The van der Waals surface area contributed by atoms with Crippen LogP contribution in [0.15, 0.2) is 65.8 Å². The molecule has 0 saturated carbocycles. The smallest absolute Gasteiger partial charge is 0.329 e. The molecule has 0 heterocycles. The summed E-state index contributed by atoms with van der Waals surface area (Å²) >= 11 is 0. The van der Waals surface area contributed by atoms with Gasteiger partial charge in [0.15, 0.2) is 6.61 Å². The summed E-state index contributed by atoms with van der Waals surface area (Å²) < 4.78 is 10.6. The Morgan fingerprint density at radius 2 is 1.56 bits per heavy atom. The van der Waals surface area contributed by atoms with Crippen molar-refractivity contribution in [2.24, 2.45) is 5.10 Å². The normalized spacial score (nSPS) is 10.6. The zero-order valence-corrected chi connectivity index (χ0v) is 20.5. The third-order valence-electron chi connectivity index (χ3n) is 5.11. The maximum absolute atomic E-state index is 12.3. The summed E-state index contributed by atoms with van der Waals surface area (Å²) in [5, 5.41) is 9.15. The van der Waals surface area contributed by atoms with Crippen LogP contribution < -0.4 is 25.5 Å². The topological polar surface area (TPSA) is 118 Å². The SMILES string of the molecule is COc1cccc(NC(=O)C(=O)N/N=C\c2ccc(OCC(=O)Nc3c(C)cc(C)cc3C)cc2)c1. The quantitative estimate of drug-likeness (QED) is 0.254. The van der Waals surface area contributed by atoms with E-state index in [4.69, 9.17) is 9.47 Å². The highest BCUT2D eigenvalue weighted by molar-refractivity contribution is 6.39. The molecule has 0 bridgehead atoms. The van der Waals surface area contributed by atoms with E-state index in [0.29, 0.717) is 22.7 Å². The van der Waals surface area contributed by atoms with Gasteiger partial charge in [-0.15, -0.1) is 0 Å². The number of amides is 3. The zero-order valence-electron chi connectivity index (χ0n) is 20.5. The Morgan fingerprint density at radius 3 is 2.22 bits per heavy atom. The number of hydrogen-bond donors (Lipinski definition) is 3. The summed E-state index contributed by atoms with van der Waals surface area (Å²) in [6, 6.07) is 17.4. The molecular formula is C27H28N4O5. The average Bonchev–Trinajstić information content (AvgIpc) is 2.85. The molecule has 3 aromatic carbocycles. The first-order valence-corrected chi connectivity index (χ1v) is 11.1. The fourth-order valence-electron chi connectivity index (χ4n) is 3.46. The van der Waals surface area contributed by atoms with Crippen LogP contribution in [0, 0.1) is 20.8 Å². The second kappa shape index (κ2) is 12.2. The van der Waals surface area contributed by atoms with Crippen LogP contribution in [0.4, 0.5) is 11.4 Å². The number of rotatable bonds is 8. The first-order chi connectivity index (χ1) is 17.2. The number of aryl methyl sites for hydroxylation is 3. The second-order valence-electron chi connectivity index (χ2n) is 8.06. The zero-order chi connectivity index (χ0) is 26.1. The molecule has 0 fully saturated rings. The molecule has 0 aliphatic carbocycles. The van der Waals surface area contributed by atoms with Crippen LogP contribution >= 0.6 is 0 Å². The van der Waals surface area contributed by atoms with Gasteiger partial charge < -0.3 is 20.1 Å².